The molecule has 4 rings (SSSR count). The molecule has 33 heavy (non-hydrogen) atoms. The number of rotatable bonds is 6. The van der Waals surface area contributed by atoms with Gasteiger partial charge in [0.1, 0.15) is 0 Å². The molecule has 0 atom stereocenters. The lowest BCUT2D eigenvalue weighted by atomic mass is 10.0. The molecular formula is C28H29N3O2. The zero-order valence-electron chi connectivity index (χ0n) is 19.3. The van der Waals surface area contributed by atoms with Gasteiger partial charge in [-0.3, -0.25) is 4.79 Å². The van der Waals surface area contributed by atoms with Crippen molar-refractivity contribution in [2.24, 2.45) is 0 Å². The van der Waals surface area contributed by atoms with E-state index in [0.717, 1.165) is 22.2 Å². The van der Waals surface area contributed by atoms with Gasteiger partial charge in [0.15, 0.2) is 0 Å². The van der Waals surface area contributed by atoms with Crippen molar-refractivity contribution in [3.05, 3.63) is 111 Å². The van der Waals surface area contributed by atoms with Gasteiger partial charge in [0.05, 0.1) is 6.54 Å². The Morgan fingerprint density at radius 2 is 1.55 bits per heavy atom. The number of aryl methyl sites for hydroxylation is 3. The van der Waals surface area contributed by atoms with Crippen molar-refractivity contribution in [3.8, 4) is 0 Å². The van der Waals surface area contributed by atoms with Crippen molar-refractivity contribution in [2.45, 2.75) is 33.7 Å². The van der Waals surface area contributed by atoms with Crippen LogP contribution in [0, 0.1) is 20.8 Å². The second-order valence-corrected chi connectivity index (χ2v) is 8.54. The first-order valence-electron chi connectivity index (χ1n) is 11.2. The predicted octanol–water partition coefficient (Wildman–Crippen LogP) is 5.73. The van der Waals surface area contributed by atoms with Crippen molar-refractivity contribution in [1.82, 2.24) is 9.88 Å². The van der Waals surface area contributed by atoms with Gasteiger partial charge in [-0.1, -0.05) is 42.5 Å². The Balaban J connectivity index is 1.62. The number of aromatic nitrogens is 1. The molecule has 2 N–H and O–H groups in total. The Morgan fingerprint density at radius 1 is 0.848 bits per heavy atom. The van der Waals surface area contributed by atoms with Crippen LogP contribution in [-0.2, 0) is 13.0 Å². The fourth-order valence-corrected chi connectivity index (χ4v) is 3.97. The smallest absolute Gasteiger partial charge is 0.322 e. The van der Waals surface area contributed by atoms with E-state index in [0.29, 0.717) is 18.5 Å². The van der Waals surface area contributed by atoms with Crippen molar-refractivity contribution in [3.63, 3.8) is 0 Å². The van der Waals surface area contributed by atoms with Crippen LogP contribution in [-0.4, -0.2) is 22.5 Å². The molecule has 4 aromatic rings. The normalized spacial score (nSPS) is 10.9. The third kappa shape index (κ3) is 5.32. The quantitative estimate of drug-likeness (QED) is 0.403. The fraction of sp³-hybridized carbons (Fsp3) is 0.214. The predicted molar refractivity (Wildman–Crippen MR) is 135 cm³/mol. The second kappa shape index (κ2) is 9.74. The summed E-state index contributed by atoms with van der Waals surface area (Å²) < 4.78 is 0. The van der Waals surface area contributed by atoms with E-state index >= 15 is 0 Å². The van der Waals surface area contributed by atoms with Crippen LogP contribution in [0.1, 0.15) is 27.8 Å². The van der Waals surface area contributed by atoms with Crippen LogP contribution in [0.3, 0.4) is 0 Å². The molecule has 0 radical (unpaired) electrons. The van der Waals surface area contributed by atoms with Gasteiger partial charge in [-0.15, -0.1) is 0 Å². The molecular weight excluding hydrogens is 410 g/mol. The van der Waals surface area contributed by atoms with Crippen LogP contribution in [0.15, 0.2) is 77.6 Å². The molecule has 0 saturated heterocycles. The summed E-state index contributed by atoms with van der Waals surface area (Å²) in [6, 6.07) is 23.3. The van der Waals surface area contributed by atoms with Crippen LogP contribution in [0.4, 0.5) is 10.5 Å². The minimum atomic E-state index is -0.227. The van der Waals surface area contributed by atoms with E-state index < -0.39 is 0 Å². The minimum absolute atomic E-state index is 0.167. The van der Waals surface area contributed by atoms with E-state index in [1.807, 2.05) is 61.5 Å². The SMILES string of the molecule is Cc1cc2cc(CN(CCc3ccccc3C)C(=O)Nc3ccccc3)c(=O)[nH]c2cc1C. The monoisotopic (exact) mass is 439 g/mol. The molecule has 5 heteroatoms. The summed E-state index contributed by atoms with van der Waals surface area (Å²) in [4.78, 5) is 30.8. The first-order chi connectivity index (χ1) is 15.9. The number of hydrogen-bond donors (Lipinski definition) is 2. The number of amides is 2. The summed E-state index contributed by atoms with van der Waals surface area (Å²) in [5, 5.41) is 3.93. The number of anilines is 1. The average molecular weight is 440 g/mol. The largest absolute Gasteiger partial charge is 0.322 e. The van der Waals surface area contributed by atoms with E-state index in [4.69, 9.17) is 0 Å². The number of pyridine rings is 1. The summed E-state index contributed by atoms with van der Waals surface area (Å²) in [5.74, 6) is 0. The van der Waals surface area contributed by atoms with E-state index in [1.165, 1.54) is 16.7 Å². The number of aromatic amines is 1. The molecule has 3 aromatic carbocycles. The first-order valence-corrected chi connectivity index (χ1v) is 11.2. The minimum Gasteiger partial charge on any atom is -0.322 e. The number of carbonyl (C=O) groups excluding carboxylic acids is 1. The summed E-state index contributed by atoms with van der Waals surface area (Å²) in [7, 11) is 0. The highest BCUT2D eigenvalue weighted by Crippen LogP contribution is 2.18. The zero-order valence-corrected chi connectivity index (χ0v) is 19.3. The van der Waals surface area contributed by atoms with Crippen molar-refractivity contribution < 1.29 is 4.79 Å². The number of urea groups is 1. The molecule has 0 bridgehead atoms. The van der Waals surface area contributed by atoms with E-state index in [9.17, 15) is 9.59 Å². The standard InChI is InChI=1S/C28H29N3O2/c1-19-9-7-8-10-22(19)13-14-31(28(33)29-25-11-5-4-6-12-25)18-24-17-23-15-20(2)21(3)16-26(23)30-27(24)32/h4-12,15-17H,13-14,18H2,1-3H3,(H,29,33)(H,30,32). The second-order valence-electron chi connectivity index (χ2n) is 8.54. The number of para-hydroxylation sites is 1. The Kier molecular flexibility index (Phi) is 6.59. The Morgan fingerprint density at radius 3 is 2.30 bits per heavy atom. The molecule has 0 aliphatic rings. The van der Waals surface area contributed by atoms with Gasteiger partial charge in [-0.25, -0.2) is 4.79 Å². The van der Waals surface area contributed by atoms with Crippen LogP contribution in [0.25, 0.3) is 10.9 Å². The van der Waals surface area contributed by atoms with E-state index in [1.54, 1.807) is 4.90 Å². The molecule has 168 valence electrons. The van der Waals surface area contributed by atoms with Crippen molar-refractivity contribution >= 4 is 22.6 Å². The van der Waals surface area contributed by atoms with Gasteiger partial charge in [-0.05, 0) is 85.2 Å². The number of nitrogens with one attached hydrogen (secondary N) is 2. The number of nitrogens with zero attached hydrogens (tertiary/aromatic N) is 1. The van der Waals surface area contributed by atoms with Gasteiger partial charge >= 0.3 is 6.03 Å². The lowest BCUT2D eigenvalue weighted by Crippen LogP contribution is -2.37. The molecule has 0 aliphatic carbocycles. The maximum atomic E-state index is 13.2. The fourth-order valence-electron chi connectivity index (χ4n) is 3.97. The number of fused-ring (bicyclic) bond motifs is 1. The van der Waals surface area contributed by atoms with Gasteiger partial charge in [0.2, 0.25) is 0 Å². The number of H-pyrrole nitrogens is 1. The van der Waals surface area contributed by atoms with Gasteiger partial charge in [-0.2, -0.15) is 0 Å². The van der Waals surface area contributed by atoms with E-state index in [2.05, 4.69) is 42.3 Å². The molecule has 0 aliphatic heterocycles. The summed E-state index contributed by atoms with van der Waals surface area (Å²) >= 11 is 0. The topological polar surface area (TPSA) is 65.2 Å². The molecule has 1 aromatic heterocycles. The highest BCUT2D eigenvalue weighted by Gasteiger charge is 2.17. The average Bonchev–Trinajstić information content (AvgIpc) is 2.80. The molecule has 0 fully saturated rings. The highest BCUT2D eigenvalue weighted by molar-refractivity contribution is 5.89. The maximum absolute atomic E-state index is 13.2. The maximum Gasteiger partial charge on any atom is 0.322 e. The Hall–Kier alpha value is -3.86. The van der Waals surface area contributed by atoms with Crippen LogP contribution >= 0.6 is 0 Å². The third-order valence-electron chi connectivity index (χ3n) is 6.12. The lowest BCUT2D eigenvalue weighted by molar-refractivity contribution is 0.209. The molecule has 0 unspecified atom stereocenters. The van der Waals surface area contributed by atoms with Crippen molar-refractivity contribution in [2.75, 3.05) is 11.9 Å². The number of benzene rings is 3. The summed E-state index contributed by atoms with van der Waals surface area (Å²) in [5.41, 5.74) is 6.61. The number of hydrogen-bond acceptors (Lipinski definition) is 2. The third-order valence-corrected chi connectivity index (χ3v) is 6.12. The zero-order chi connectivity index (χ0) is 23.4. The summed E-state index contributed by atoms with van der Waals surface area (Å²) in [6.45, 7) is 6.88. The first kappa shape index (κ1) is 22.3. The van der Waals surface area contributed by atoms with Gasteiger partial charge < -0.3 is 15.2 Å². The highest BCUT2D eigenvalue weighted by atomic mass is 16.2. The molecule has 1 heterocycles. The summed E-state index contributed by atoms with van der Waals surface area (Å²) in [6.07, 6.45) is 0.707. The molecule has 0 spiro atoms. The number of carbonyl (C=O) groups is 1. The van der Waals surface area contributed by atoms with Crippen LogP contribution in [0.5, 0.6) is 0 Å². The molecule has 0 saturated carbocycles. The van der Waals surface area contributed by atoms with Crippen LogP contribution < -0.4 is 10.9 Å². The van der Waals surface area contributed by atoms with E-state index in [-0.39, 0.29) is 18.1 Å². The lowest BCUT2D eigenvalue weighted by Gasteiger charge is -2.24. The van der Waals surface area contributed by atoms with Crippen molar-refractivity contribution in [1.29, 1.82) is 0 Å². The Bertz CT molecular complexity index is 1340. The van der Waals surface area contributed by atoms with Gasteiger partial charge in [0, 0.05) is 23.3 Å². The molecule has 2 amide bonds. The van der Waals surface area contributed by atoms with Gasteiger partial charge in [0.25, 0.3) is 5.56 Å². The molecule has 5 nitrogen and oxygen atoms in total. The Labute approximate surface area is 194 Å². The van der Waals surface area contributed by atoms with Crippen LogP contribution in [0.2, 0.25) is 0 Å².